The predicted molar refractivity (Wildman–Crippen MR) is 50.4 cm³/mol. The highest BCUT2D eigenvalue weighted by molar-refractivity contribution is 9.10. The summed E-state index contributed by atoms with van der Waals surface area (Å²) in [6.45, 7) is 0. The molecule has 1 aromatic rings. The van der Waals surface area contributed by atoms with Crippen LogP contribution in [-0.2, 0) is 4.74 Å². The Kier molecular flexibility index (Phi) is 3.44. The van der Waals surface area contributed by atoms with Gasteiger partial charge in [-0.2, -0.15) is 0 Å². The van der Waals surface area contributed by atoms with Crippen LogP contribution in [0.15, 0.2) is 10.5 Å². The van der Waals surface area contributed by atoms with Crippen molar-refractivity contribution < 1.29 is 18.3 Å². The van der Waals surface area contributed by atoms with Crippen molar-refractivity contribution in [3.05, 3.63) is 32.8 Å². The Hall–Kier alpha value is -0.680. The number of hydrogen-bond acceptors (Lipinski definition) is 2. The lowest BCUT2D eigenvalue weighted by atomic mass is 10.2. The highest BCUT2D eigenvalue weighted by Crippen LogP contribution is 2.31. The van der Waals surface area contributed by atoms with Gasteiger partial charge < -0.3 is 4.74 Å². The van der Waals surface area contributed by atoms with Gasteiger partial charge in [-0.05, 0) is 22.0 Å². The van der Waals surface area contributed by atoms with Crippen molar-refractivity contribution in [2.24, 2.45) is 0 Å². The van der Waals surface area contributed by atoms with E-state index in [4.69, 9.17) is 11.6 Å². The van der Waals surface area contributed by atoms with Crippen molar-refractivity contribution in [2.75, 3.05) is 7.11 Å². The van der Waals surface area contributed by atoms with E-state index in [0.29, 0.717) is 6.07 Å². The molecule has 14 heavy (non-hydrogen) atoms. The second-order valence-electron chi connectivity index (χ2n) is 2.34. The number of rotatable bonds is 1. The number of esters is 1. The lowest BCUT2D eigenvalue weighted by Crippen LogP contribution is -2.04. The van der Waals surface area contributed by atoms with E-state index in [2.05, 4.69) is 20.7 Å². The summed E-state index contributed by atoms with van der Waals surface area (Å²) in [5.74, 6) is -3.13. The lowest BCUT2D eigenvalue weighted by Gasteiger charge is -2.05. The molecule has 1 rings (SSSR count). The molecule has 0 fully saturated rings. The molecule has 0 radical (unpaired) electrons. The van der Waals surface area contributed by atoms with Crippen LogP contribution in [-0.4, -0.2) is 13.1 Å². The first-order valence-corrected chi connectivity index (χ1v) is 4.57. The van der Waals surface area contributed by atoms with Gasteiger partial charge in [-0.3, -0.25) is 0 Å². The van der Waals surface area contributed by atoms with E-state index in [-0.39, 0.29) is 15.1 Å². The SMILES string of the molecule is COC(=O)c1cc(F)c(F)c(Br)c1Cl. The number of halogens is 4. The summed E-state index contributed by atoms with van der Waals surface area (Å²) >= 11 is 8.31. The molecule has 0 saturated heterocycles. The zero-order valence-corrected chi connectivity index (χ0v) is 9.25. The number of benzene rings is 1. The lowest BCUT2D eigenvalue weighted by molar-refractivity contribution is 0.0600. The summed E-state index contributed by atoms with van der Waals surface area (Å²) in [5.41, 5.74) is -0.222. The van der Waals surface area contributed by atoms with Crippen LogP contribution in [0.2, 0.25) is 5.02 Å². The van der Waals surface area contributed by atoms with Crippen molar-refractivity contribution in [3.63, 3.8) is 0 Å². The first-order chi connectivity index (χ1) is 6.49. The molecule has 0 saturated carbocycles. The molecule has 0 heterocycles. The molecular formula is C8H4BrClF2O2. The molecule has 0 N–H and O–H groups in total. The molecule has 0 spiro atoms. The van der Waals surface area contributed by atoms with Gasteiger partial charge in [0, 0.05) is 0 Å². The normalized spacial score (nSPS) is 10.1. The first-order valence-electron chi connectivity index (χ1n) is 3.40. The van der Waals surface area contributed by atoms with Gasteiger partial charge >= 0.3 is 5.97 Å². The van der Waals surface area contributed by atoms with Crippen molar-refractivity contribution in [2.45, 2.75) is 0 Å². The van der Waals surface area contributed by atoms with Crippen molar-refractivity contribution in [1.29, 1.82) is 0 Å². The maximum absolute atomic E-state index is 12.9. The number of hydrogen-bond donors (Lipinski definition) is 0. The third kappa shape index (κ3) is 1.88. The van der Waals surface area contributed by atoms with Crippen LogP contribution >= 0.6 is 27.5 Å². The van der Waals surface area contributed by atoms with Crippen LogP contribution in [0.1, 0.15) is 10.4 Å². The van der Waals surface area contributed by atoms with Gasteiger partial charge in [-0.15, -0.1) is 0 Å². The van der Waals surface area contributed by atoms with E-state index in [1.807, 2.05) is 0 Å². The summed E-state index contributed by atoms with van der Waals surface area (Å²) in [6, 6.07) is 0.689. The Morgan fingerprint density at radius 1 is 1.57 bits per heavy atom. The molecule has 0 aromatic heterocycles. The molecule has 0 aliphatic carbocycles. The quantitative estimate of drug-likeness (QED) is 0.450. The predicted octanol–water partition coefficient (Wildman–Crippen LogP) is 3.17. The van der Waals surface area contributed by atoms with Crippen LogP contribution in [0.25, 0.3) is 0 Å². The minimum atomic E-state index is -1.17. The van der Waals surface area contributed by atoms with Crippen LogP contribution < -0.4 is 0 Å². The molecule has 0 bridgehead atoms. The largest absolute Gasteiger partial charge is 0.465 e. The molecule has 0 amide bonds. The van der Waals surface area contributed by atoms with Crippen LogP contribution in [0.5, 0.6) is 0 Å². The second kappa shape index (κ2) is 4.23. The standard InChI is InChI=1S/C8H4BrClF2O2/c1-14-8(13)3-2-4(11)7(12)5(9)6(3)10/h2H,1H3. The average molecular weight is 285 g/mol. The fourth-order valence-electron chi connectivity index (χ4n) is 0.831. The number of methoxy groups -OCH3 is 1. The van der Waals surface area contributed by atoms with Crippen molar-refractivity contribution in [1.82, 2.24) is 0 Å². The Balaban J connectivity index is 3.40. The van der Waals surface area contributed by atoms with Gasteiger partial charge in [0.1, 0.15) is 0 Å². The monoisotopic (exact) mass is 284 g/mol. The molecule has 76 valence electrons. The molecule has 1 aromatic carbocycles. The molecule has 0 unspecified atom stereocenters. The van der Waals surface area contributed by atoms with Crippen LogP contribution in [0.3, 0.4) is 0 Å². The van der Waals surface area contributed by atoms with Gasteiger partial charge in [0.05, 0.1) is 22.2 Å². The molecule has 0 aliphatic heterocycles. The van der Waals surface area contributed by atoms with Crippen molar-refractivity contribution in [3.8, 4) is 0 Å². The maximum atomic E-state index is 12.9. The van der Waals surface area contributed by atoms with Gasteiger partial charge in [-0.25, -0.2) is 13.6 Å². The topological polar surface area (TPSA) is 26.3 Å². The summed E-state index contributed by atoms with van der Waals surface area (Å²) < 4.78 is 29.8. The summed E-state index contributed by atoms with van der Waals surface area (Å²) in [6.07, 6.45) is 0. The zero-order chi connectivity index (χ0) is 10.9. The molecule has 6 heteroatoms. The van der Waals surface area contributed by atoms with E-state index in [1.165, 1.54) is 0 Å². The molecular weight excluding hydrogens is 281 g/mol. The minimum Gasteiger partial charge on any atom is -0.465 e. The van der Waals surface area contributed by atoms with E-state index in [9.17, 15) is 13.6 Å². The van der Waals surface area contributed by atoms with Crippen molar-refractivity contribution >= 4 is 33.5 Å². The smallest absolute Gasteiger partial charge is 0.339 e. The number of carbonyl (C=O) groups excluding carboxylic acids is 1. The molecule has 2 nitrogen and oxygen atoms in total. The zero-order valence-electron chi connectivity index (χ0n) is 6.91. The van der Waals surface area contributed by atoms with E-state index in [0.717, 1.165) is 7.11 Å². The number of ether oxygens (including phenoxy) is 1. The van der Waals surface area contributed by atoms with E-state index < -0.39 is 17.6 Å². The fourth-order valence-corrected chi connectivity index (χ4v) is 1.45. The van der Waals surface area contributed by atoms with Gasteiger partial charge in [0.15, 0.2) is 11.6 Å². The minimum absolute atomic E-state index is 0.212. The highest BCUT2D eigenvalue weighted by atomic mass is 79.9. The van der Waals surface area contributed by atoms with E-state index in [1.54, 1.807) is 0 Å². The third-order valence-corrected chi connectivity index (χ3v) is 2.87. The Morgan fingerprint density at radius 2 is 2.14 bits per heavy atom. The number of carbonyl (C=O) groups is 1. The molecule has 0 aliphatic rings. The van der Waals surface area contributed by atoms with E-state index >= 15 is 0 Å². The van der Waals surface area contributed by atoms with Gasteiger partial charge in [0.25, 0.3) is 0 Å². The summed E-state index contributed by atoms with van der Waals surface area (Å²) in [5, 5.41) is -0.212. The summed E-state index contributed by atoms with van der Waals surface area (Å²) in [4.78, 5) is 11.0. The Morgan fingerprint density at radius 3 is 2.64 bits per heavy atom. The fraction of sp³-hybridized carbons (Fsp3) is 0.125. The Labute approximate surface area is 91.9 Å². The highest BCUT2D eigenvalue weighted by Gasteiger charge is 2.19. The second-order valence-corrected chi connectivity index (χ2v) is 3.51. The first kappa shape index (κ1) is 11.4. The van der Waals surface area contributed by atoms with Crippen LogP contribution in [0, 0.1) is 11.6 Å². The summed E-state index contributed by atoms with van der Waals surface area (Å²) in [7, 11) is 1.12. The van der Waals surface area contributed by atoms with Gasteiger partial charge in [-0.1, -0.05) is 11.6 Å². The van der Waals surface area contributed by atoms with Gasteiger partial charge in [0.2, 0.25) is 0 Å². The Bertz CT molecular complexity index is 395. The third-order valence-electron chi connectivity index (χ3n) is 1.51. The average Bonchev–Trinajstić information content (AvgIpc) is 2.19. The maximum Gasteiger partial charge on any atom is 0.339 e. The van der Waals surface area contributed by atoms with Crippen LogP contribution in [0.4, 0.5) is 8.78 Å². The molecule has 0 atom stereocenters.